The molecular weight excluding hydrogens is 469 g/mol. The second kappa shape index (κ2) is 7.94. The van der Waals surface area contributed by atoms with Crippen LogP contribution in [0.4, 0.5) is 4.39 Å². The van der Waals surface area contributed by atoms with Gasteiger partial charge in [0.2, 0.25) is 5.91 Å². The van der Waals surface area contributed by atoms with E-state index in [0.717, 1.165) is 34.9 Å². The molecule has 3 N–H and O–H groups in total. The second-order valence-corrected chi connectivity index (χ2v) is 9.52. The Balaban J connectivity index is 1.57. The first-order valence-electron chi connectivity index (χ1n) is 12.0. The predicted octanol–water partition coefficient (Wildman–Crippen LogP) is 1.32. The molecule has 0 bridgehead atoms. The third kappa shape index (κ3) is 3.00. The van der Waals surface area contributed by atoms with E-state index >= 15 is 4.39 Å². The zero-order valence-corrected chi connectivity index (χ0v) is 19.6. The minimum Gasteiger partial charge on any atom is -0.458 e. The lowest BCUT2D eigenvalue weighted by molar-refractivity contribution is -0.172. The van der Waals surface area contributed by atoms with Crippen LogP contribution in [-0.2, 0) is 52.5 Å². The number of ether oxygens (including phenoxy) is 1. The number of aliphatic hydroxyl groups is 2. The van der Waals surface area contributed by atoms with Gasteiger partial charge in [0, 0.05) is 34.7 Å². The lowest BCUT2D eigenvalue weighted by atomic mass is 9.84. The SMILES string of the molecule is CC[C@@]1(O)C(=O)OCc2c1cc1n(c2=O)Cc2c-1nc1cc(F)c(CNC(=O)CO)c3c1c2CCC3. The van der Waals surface area contributed by atoms with Gasteiger partial charge >= 0.3 is 5.97 Å². The number of aliphatic hydroxyl groups excluding tert-OH is 1. The van der Waals surface area contributed by atoms with E-state index in [4.69, 9.17) is 14.8 Å². The molecule has 9 nitrogen and oxygen atoms in total. The highest BCUT2D eigenvalue weighted by Crippen LogP contribution is 2.43. The van der Waals surface area contributed by atoms with Gasteiger partial charge in [-0.1, -0.05) is 6.92 Å². The monoisotopic (exact) mass is 493 g/mol. The summed E-state index contributed by atoms with van der Waals surface area (Å²) in [5, 5.41) is 23.4. The number of nitrogens with zero attached hydrogens (tertiary/aromatic N) is 2. The van der Waals surface area contributed by atoms with Crippen LogP contribution >= 0.6 is 0 Å². The molecule has 1 aliphatic carbocycles. The molecule has 2 aromatic heterocycles. The Kier molecular flexibility index (Phi) is 5.03. The number of carbonyl (C=O) groups excluding carboxylic acids is 2. The molecule has 10 heteroatoms. The minimum absolute atomic E-state index is 0.0386. The van der Waals surface area contributed by atoms with Crippen LogP contribution in [0.15, 0.2) is 16.9 Å². The van der Waals surface area contributed by atoms with Gasteiger partial charge in [-0.2, -0.15) is 0 Å². The van der Waals surface area contributed by atoms with Crippen LogP contribution in [0.25, 0.3) is 22.3 Å². The van der Waals surface area contributed by atoms with Gasteiger partial charge in [0.15, 0.2) is 5.60 Å². The summed E-state index contributed by atoms with van der Waals surface area (Å²) in [5.74, 6) is -1.87. The summed E-state index contributed by atoms with van der Waals surface area (Å²) in [5.41, 5.74) is 2.73. The number of aryl methyl sites for hydroxylation is 2. The third-order valence-electron chi connectivity index (χ3n) is 7.72. The van der Waals surface area contributed by atoms with Gasteiger partial charge in [0.05, 0.1) is 29.0 Å². The Morgan fingerprint density at radius 2 is 2.00 bits per heavy atom. The largest absolute Gasteiger partial charge is 0.458 e. The quantitative estimate of drug-likeness (QED) is 0.366. The Hall–Kier alpha value is -3.63. The average molecular weight is 493 g/mol. The molecule has 4 heterocycles. The van der Waals surface area contributed by atoms with Gasteiger partial charge in [0.25, 0.3) is 5.56 Å². The van der Waals surface area contributed by atoms with E-state index < -0.39 is 29.9 Å². The first kappa shape index (κ1) is 22.8. The number of aromatic nitrogens is 2. The van der Waals surface area contributed by atoms with Crippen molar-refractivity contribution in [1.29, 1.82) is 0 Å². The van der Waals surface area contributed by atoms with Crippen molar-refractivity contribution in [2.75, 3.05) is 6.61 Å². The van der Waals surface area contributed by atoms with Crippen molar-refractivity contribution in [1.82, 2.24) is 14.9 Å². The number of rotatable bonds is 4. The number of esters is 1. The van der Waals surface area contributed by atoms with Crippen molar-refractivity contribution in [3.05, 3.63) is 61.7 Å². The van der Waals surface area contributed by atoms with Crippen molar-refractivity contribution >= 4 is 22.8 Å². The number of amides is 1. The van der Waals surface area contributed by atoms with E-state index in [1.165, 1.54) is 6.07 Å². The number of halogens is 1. The molecule has 1 amide bonds. The van der Waals surface area contributed by atoms with Crippen LogP contribution in [-0.4, -0.2) is 38.2 Å². The summed E-state index contributed by atoms with van der Waals surface area (Å²) < 4.78 is 21.9. The molecule has 0 saturated heterocycles. The Labute approximate surface area is 204 Å². The number of hydrogen-bond donors (Lipinski definition) is 3. The molecule has 3 aliphatic rings. The van der Waals surface area contributed by atoms with Crippen LogP contribution in [0.1, 0.15) is 53.1 Å². The molecule has 0 saturated carbocycles. The second-order valence-electron chi connectivity index (χ2n) is 9.52. The maximum absolute atomic E-state index is 15.2. The van der Waals surface area contributed by atoms with Gasteiger partial charge in [-0.05, 0) is 42.9 Å². The molecule has 1 aromatic carbocycles. The van der Waals surface area contributed by atoms with Gasteiger partial charge in [-0.3, -0.25) is 9.59 Å². The molecule has 6 rings (SSSR count). The lowest BCUT2D eigenvalue weighted by Gasteiger charge is -2.31. The van der Waals surface area contributed by atoms with Crippen LogP contribution in [0.3, 0.4) is 0 Å². The topological polar surface area (TPSA) is 131 Å². The van der Waals surface area contributed by atoms with E-state index in [0.29, 0.717) is 28.9 Å². The molecule has 1 atom stereocenters. The summed E-state index contributed by atoms with van der Waals surface area (Å²) in [4.78, 5) is 42.2. The first-order valence-corrected chi connectivity index (χ1v) is 12.0. The summed E-state index contributed by atoms with van der Waals surface area (Å²) in [7, 11) is 0. The minimum atomic E-state index is -1.91. The molecule has 36 heavy (non-hydrogen) atoms. The number of fused-ring (bicyclic) bond motifs is 5. The molecule has 0 radical (unpaired) electrons. The predicted molar refractivity (Wildman–Crippen MR) is 125 cm³/mol. The normalized spacial score (nSPS) is 19.5. The van der Waals surface area contributed by atoms with Gasteiger partial charge < -0.3 is 24.8 Å². The molecule has 186 valence electrons. The number of nitrogens with one attached hydrogen (secondary N) is 1. The highest BCUT2D eigenvalue weighted by atomic mass is 19.1. The summed E-state index contributed by atoms with van der Waals surface area (Å²) in [6.45, 7) is 1.01. The van der Waals surface area contributed by atoms with E-state index in [2.05, 4.69) is 5.32 Å². The standard InChI is InChI=1S/C26H24FN3O6/c1-2-26(35)17-6-20-23-15(9-30(20)24(33)16(17)11-36-25(26)34)13-5-3-4-12-14(8-28-21(32)10-31)18(27)7-19(29-23)22(12)13/h6-7,31,35H,2-5,8-11H2,1H3,(H,28,32)/t26-/m0/s1. The maximum atomic E-state index is 15.2. The summed E-state index contributed by atoms with van der Waals surface area (Å²) in [6.07, 6.45) is 2.17. The van der Waals surface area contributed by atoms with Gasteiger partial charge in [-0.25, -0.2) is 14.2 Å². The lowest BCUT2D eigenvalue weighted by Crippen LogP contribution is -2.44. The number of carbonyl (C=O) groups is 2. The van der Waals surface area contributed by atoms with Gasteiger partial charge in [-0.15, -0.1) is 0 Å². The third-order valence-corrected chi connectivity index (χ3v) is 7.72. The van der Waals surface area contributed by atoms with Gasteiger partial charge in [0.1, 0.15) is 19.0 Å². The first-order chi connectivity index (χ1) is 17.3. The van der Waals surface area contributed by atoms with Crippen LogP contribution in [0.2, 0.25) is 0 Å². The molecule has 3 aromatic rings. The number of benzene rings is 1. The summed E-state index contributed by atoms with van der Waals surface area (Å²) in [6, 6.07) is 2.99. The fraction of sp³-hybridized carbons (Fsp3) is 0.385. The van der Waals surface area contributed by atoms with Crippen molar-refractivity contribution in [3.8, 4) is 11.4 Å². The van der Waals surface area contributed by atoms with Crippen LogP contribution in [0.5, 0.6) is 0 Å². The van der Waals surface area contributed by atoms with Crippen molar-refractivity contribution in [3.63, 3.8) is 0 Å². The van der Waals surface area contributed by atoms with E-state index in [1.807, 2.05) is 0 Å². The number of hydrogen-bond acceptors (Lipinski definition) is 7. The van der Waals surface area contributed by atoms with E-state index in [1.54, 1.807) is 17.6 Å². The maximum Gasteiger partial charge on any atom is 0.343 e. The smallest absolute Gasteiger partial charge is 0.343 e. The fourth-order valence-corrected chi connectivity index (χ4v) is 5.86. The highest BCUT2D eigenvalue weighted by Gasteiger charge is 2.45. The van der Waals surface area contributed by atoms with Crippen LogP contribution in [0, 0.1) is 5.82 Å². The van der Waals surface area contributed by atoms with E-state index in [9.17, 15) is 19.5 Å². The zero-order valence-electron chi connectivity index (χ0n) is 19.6. The fourth-order valence-electron chi connectivity index (χ4n) is 5.86. The zero-order chi connectivity index (χ0) is 25.4. The van der Waals surface area contributed by atoms with Crippen LogP contribution < -0.4 is 10.9 Å². The van der Waals surface area contributed by atoms with E-state index in [-0.39, 0.29) is 42.8 Å². The Morgan fingerprint density at radius 3 is 2.75 bits per heavy atom. The van der Waals surface area contributed by atoms with Crippen molar-refractivity contribution in [2.24, 2.45) is 0 Å². The Bertz CT molecular complexity index is 1560. The molecule has 0 spiro atoms. The van der Waals surface area contributed by atoms with Crippen molar-refractivity contribution < 1.29 is 28.9 Å². The molecular formula is C26H24FN3O6. The Morgan fingerprint density at radius 1 is 1.22 bits per heavy atom. The molecule has 2 aliphatic heterocycles. The average Bonchev–Trinajstić information content (AvgIpc) is 3.25. The highest BCUT2D eigenvalue weighted by molar-refractivity contribution is 5.93. The number of pyridine rings is 2. The summed E-state index contributed by atoms with van der Waals surface area (Å²) >= 11 is 0. The molecule has 0 unspecified atom stereocenters. The van der Waals surface area contributed by atoms with Crippen molar-refractivity contribution in [2.45, 2.75) is 57.9 Å². The molecule has 0 fully saturated rings. The number of cyclic esters (lactones) is 1.